The third-order valence-corrected chi connectivity index (χ3v) is 2.06. The maximum absolute atomic E-state index is 10.9. The van der Waals surface area contributed by atoms with Crippen molar-refractivity contribution in [2.24, 2.45) is 0 Å². The minimum absolute atomic E-state index is 0.0300. The molecular weight excluding hydrogens is 211 g/mol. The Balaban J connectivity index is 3.79. The van der Waals surface area contributed by atoms with Crippen LogP contribution in [0.25, 0.3) is 0 Å². The summed E-state index contributed by atoms with van der Waals surface area (Å²) in [4.78, 5) is 19.6. The Morgan fingerprint density at radius 2 is 2.07 bits per heavy atom. The van der Waals surface area contributed by atoms with Gasteiger partial charge in [0.1, 0.15) is 0 Å². The molecule has 0 radical (unpaired) electrons. The van der Waals surface area contributed by atoms with Gasteiger partial charge >= 0.3 is 13.8 Å². The van der Waals surface area contributed by atoms with Crippen molar-refractivity contribution in [1.29, 1.82) is 0 Å². The van der Waals surface area contributed by atoms with Gasteiger partial charge < -0.3 is 9.63 Å². The van der Waals surface area contributed by atoms with Crippen molar-refractivity contribution in [1.82, 2.24) is 0 Å². The lowest BCUT2D eigenvalue weighted by Gasteiger charge is -2.10. The van der Waals surface area contributed by atoms with Gasteiger partial charge in [-0.15, -0.1) is 0 Å². The summed E-state index contributed by atoms with van der Waals surface area (Å²) in [6, 6.07) is 0. The van der Waals surface area contributed by atoms with Gasteiger partial charge in [-0.2, -0.15) is 0 Å². The lowest BCUT2D eigenvalue weighted by Crippen LogP contribution is -2.08. The first-order valence-corrected chi connectivity index (χ1v) is 5.33. The van der Waals surface area contributed by atoms with Gasteiger partial charge in [0.25, 0.3) is 0 Å². The molecule has 14 heavy (non-hydrogen) atoms. The lowest BCUT2D eigenvalue weighted by atomic mass is 10.4. The Kier molecular flexibility index (Phi) is 5.64. The topological polar surface area (TPSA) is 82.1 Å². The van der Waals surface area contributed by atoms with E-state index < -0.39 is 20.6 Å². The Morgan fingerprint density at radius 3 is 2.50 bits per heavy atom. The van der Waals surface area contributed by atoms with Crippen LogP contribution in [-0.2, 0) is 23.1 Å². The van der Waals surface area contributed by atoms with Gasteiger partial charge in [-0.05, 0) is 13.8 Å². The molecule has 0 rings (SSSR count). The number of ether oxygens (including phenoxy) is 1. The summed E-state index contributed by atoms with van der Waals surface area (Å²) < 4.78 is 23.9. The summed E-state index contributed by atoms with van der Waals surface area (Å²) in [5.41, 5.74) is 0.179. The minimum Gasteiger partial charge on any atom is -0.435 e. The van der Waals surface area contributed by atoms with Crippen LogP contribution in [0.1, 0.15) is 13.8 Å². The predicted octanol–water partition coefficient (Wildman–Crippen LogP) is 1.22. The van der Waals surface area contributed by atoms with Gasteiger partial charge in [0.2, 0.25) is 6.79 Å². The number of carbonyl (C=O) groups excluding carboxylic acids is 1. The van der Waals surface area contributed by atoms with E-state index in [1.807, 2.05) is 0 Å². The van der Waals surface area contributed by atoms with Crippen molar-refractivity contribution in [2.75, 3.05) is 13.4 Å². The Bertz CT molecular complexity index is 261. The number of phosphoric acid groups is 1. The molecule has 0 aliphatic rings. The second-order valence-corrected chi connectivity index (χ2v) is 3.80. The van der Waals surface area contributed by atoms with Gasteiger partial charge in [0.05, 0.1) is 6.61 Å². The highest BCUT2D eigenvalue weighted by molar-refractivity contribution is 7.47. The molecule has 82 valence electrons. The maximum Gasteiger partial charge on any atom is 0.475 e. The van der Waals surface area contributed by atoms with Gasteiger partial charge in [-0.1, -0.05) is 6.58 Å². The fraction of sp³-hybridized carbons (Fsp3) is 0.571. The highest BCUT2D eigenvalue weighted by Crippen LogP contribution is 2.42. The number of hydrogen-bond donors (Lipinski definition) is 1. The minimum atomic E-state index is -4.09. The zero-order valence-electron chi connectivity index (χ0n) is 8.06. The molecule has 0 fully saturated rings. The highest BCUT2D eigenvalue weighted by atomic mass is 31.2. The molecule has 6 nitrogen and oxygen atoms in total. The van der Waals surface area contributed by atoms with E-state index in [4.69, 9.17) is 4.89 Å². The molecule has 7 heteroatoms. The molecule has 0 amide bonds. The van der Waals surface area contributed by atoms with Crippen LogP contribution in [0.5, 0.6) is 0 Å². The van der Waals surface area contributed by atoms with Gasteiger partial charge in [-0.3, -0.25) is 4.52 Å². The number of esters is 1. The van der Waals surface area contributed by atoms with Crippen molar-refractivity contribution in [3.05, 3.63) is 12.2 Å². The molecule has 1 atom stereocenters. The number of phosphoric ester groups is 1. The largest absolute Gasteiger partial charge is 0.475 e. The molecule has 0 heterocycles. The second kappa shape index (κ2) is 5.93. The third-order valence-electron chi connectivity index (χ3n) is 1.05. The molecule has 0 bridgehead atoms. The van der Waals surface area contributed by atoms with Crippen LogP contribution in [-0.4, -0.2) is 24.3 Å². The standard InChI is InChI=1S/C7H13O6P/c1-4-12-14(9,10)13-5-11-7(8)6(2)3/h2,4-5H2,1,3H3,(H,9,10). The summed E-state index contributed by atoms with van der Waals surface area (Å²) in [7, 11) is -4.09. The van der Waals surface area contributed by atoms with E-state index in [-0.39, 0.29) is 12.2 Å². The molecule has 1 N–H and O–H groups in total. The summed E-state index contributed by atoms with van der Waals surface area (Å²) in [5.74, 6) is -0.693. The fourth-order valence-corrected chi connectivity index (χ4v) is 1.06. The molecule has 0 aliphatic carbocycles. The molecule has 0 spiro atoms. The Morgan fingerprint density at radius 1 is 1.50 bits per heavy atom. The van der Waals surface area contributed by atoms with E-state index >= 15 is 0 Å². The average molecular weight is 224 g/mol. The van der Waals surface area contributed by atoms with E-state index in [1.54, 1.807) is 0 Å². The monoisotopic (exact) mass is 224 g/mol. The fourth-order valence-electron chi connectivity index (χ4n) is 0.470. The molecule has 0 aromatic carbocycles. The molecular formula is C7H13O6P. The second-order valence-electron chi connectivity index (χ2n) is 2.35. The molecule has 1 unspecified atom stereocenters. The first-order chi connectivity index (χ1) is 6.39. The van der Waals surface area contributed by atoms with Crippen molar-refractivity contribution in [3.63, 3.8) is 0 Å². The quantitative estimate of drug-likeness (QED) is 0.316. The average Bonchev–Trinajstić information content (AvgIpc) is 2.03. The summed E-state index contributed by atoms with van der Waals surface area (Å²) in [6.45, 7) is 5.69. The summed E-state index contributed by atoms with van der Waals surface area (Å²) in [5, 5.41) is 0. The smallest absolute Gasteiger partial charge is 0.435 e. The van der Waals surface area contributed by atoms with Crippen LogP contribution in [0, 0.1) is 0 Å². The SMILES string of the molecule is C=C(C)C(=O)OCOP(=O)(O)OCC. The predicted molar refractivity (Wildman–Crippen MR) is 48.3 cm³/mol. The zero-order chi connectivity index (χ0) is 11.2. The Hall–Kier alpha value is -0.680. The first-order valence-electron chi connectivity index (χ1n) is 3.83. The Labute approximate surface area is 82.1 Å². The molecule has 0 aromatic heterocycles. The van der Waals surface area contributed by atoms with E-state index in [1.165, 1.54) is 13.8 Å². The van der Waals surface area contributed by atoms with Gasteiger partial charge in [0, 0.05) is 5.57 Å². The number of rotatable bonds is 6. The molecule has 0 aromatic rings. The van der Waals surface area contributed by atoms with E-state index in [0.717, 1.165) is 0 Å². The molecule has 0 saturated carbocycles. The molecule has 0 saturated heterocycles. The van der Waals surface area contributed by atoms with Crippen LogP contribution in [0.15, 0.2) is 12.2 Å². The highest BCUT2D eigenvalue weighted by Gasteiger charge is 2.20. The number of hydrogen-bond acceptors (Lipinski definition) is 5. The van der Waals surface area contributed by atoms with Crippen LogP contribution in [0.4, 0.5) is 0 Å². The third kappa shape index (κ3) is 5.88. The van der Waals surface area contributed by atoms with E-state index in [0.29, 0.717) is 0 Å². The van der Waals surface area contributed by atoms with Crippen LogP contribution in [0.3, 0.4) is 0 Å². The summed E-state index contributed by atoms with van der Waals surface area (Å²) in [6.07, 6.45) is 0. The number of carbonyl (C=O) groups is 1. The van der Waals surface area contributed by atoms with Crippen molar-refractivity contribution < 1.29 is 28.0 Å². The van der Waals surface area contributed by atoms with E-state index in [9.17, 15) is 9.36 Å². The summed E-state index contributed by atoms with van der Waals surface area (Å²) >= 11 is 0. The maximum atomic E-state index is 10.9. The zero-order valence-corrected chi connectivity index (χ0v) is 8.95. The normalized spacial score (nSPS) is 14.5. The first kappa shape index (κ1) is 13.3. The van der Waals surface area contributed by atoms with Crippen molar-refractivity contribution in [3.8, 4) is 0 Å². The van der Waals surface area contributed by atoms with E-state index in [2.05, 4.69) is 20.4 Å². The van der Waals surface area contributed by atoms with Crippen LogP contribution in [0.2, 0.25) is 0 Å². The van der Waals surface area contributed by atoms with Crippen molar-refractivity contribution >= 4 is 13.8 Å². The molecule has 0 aliphatic heterocycles. The van der Waals surface area contributed by atoms with Gasteiger partial charge in [-0.25, -0.2) is 13.9 Å². The lowest BCUT2D eigenvalue weighted by molar-refractivity contribution is -0.146. The van der Waals surface area contributed by atoms with Crippen molar-refractivity contribution in [2.45, 2.75) is 13.8 Å². The van der Waals surface area contributed by atoms with Crippen LogP contribution >= 0.6 is 7.82 Å². The van der Waals surface area contributed by atoms with Crippen LogP contribution < -0.4 is 0 Å². The van der Waals surface area contributed by atoms with Gasteiger partial charge in [0.15, 0.2) is 0 Å².